The number of thioether (sulfide) groups is 1. The maximum Gasteiger partial charge on any atom is 0.235 e. The van der Waals surface area contributed by atoms with Crippen molar-refractivity contribution in [3.63, 3.8) is 0 Å². The van der Waals surface area contributed by atoms with Gasteiger partial charge in [-0.05, 0) is 0 Å². The molecule has 8 heteroatoms. The highest BCUT2D eigenvalue weighted by Gasteiger charge is 2.19. The van der Waals surface area contributed by atoms with Crippen LogP contribution in [0.15, 0.2) is 17.6 Å². The molecule has 2 rings (SSSR count). The van der Waals surface area contributed by atoms with Gasteiger partial charge in [0.15, 0.2) is 5.16 Å². The normalized spacial score (nSPS) is 11.7. The molecule has 0 radical (unpaired) electrons. The topological polar surface area (TPSA) is 77.6 Å². The Morgan fingerprint density at radius 1 is 1.38 bits per heavy atom. The Balaban J connectivity index is 1.97. The molecule has 1 amide bonds. The van der Waals surface area contributed by atoms with Crippen molar-refractivity contribution in [3.8, 4) is 0 Å². The lowest BCUT2D eigenvalue weighted by atomic mass is 9.92. The number of hydrogen-bond donors (Lipinski definition) is 1. The third-order valence-corrected chi connectivity index (χ3v) is 3.95. The summed E-state index contributed by atoms with van der Waals surface area (Å²) >= 11 is 1.35. The maximum atomic E-state index is 12.0. The van der Waals surface area contributed by atoms with Crippen LogP contribution < -0.4 is 5.32 Å². The third-order valence-electron chi connectivity index (χ3n) is 2.92. The van der Waals surface area contributed by atoms with Gasteiger partial charge in [0.25, 0.3) is 0 Å². The van der Waals surface area contributed by atoms with Gasteiger partial charge in [0.1, 0.15) is 12.1 Å². The fraction of sp³-hybridized carbons (Fsp3) is 0.538. The second-order valence-electron chi connectivity index (χ2n) is 5.85. The average Bonchev–Trinajstić information content (AvgIpc) is 2.94. The van der Waals surface area contributed by atoms with E-state index in [9.17, 15) is 4.79 Å². The molecule has 2 aromatic rings. The van der Waals surface area contributed by atoms with Crippen LogP contribution >= 0.6 is 11.8 Å². The van der Waals surface area contributed by atoms with Crippen LogP contribution in [-0.4, -0.2) is 36.2 Å². The number of anilines is 1. The van der Waals surface area contributed by atoms with Gasteiger partial charge in [0.2, 0.25) is 5.91 Å². The molecule has 2 aromatic heterocycles. The van der Waals surface area contributed by atoms with E-state index in [-0.39, 0.29) is 17.1 Å². The van der Waals surface area contributed by atoms with E-state index >= 15 is 0 Å². The highest BCUT2D eigenvalue weighted by Crippen LogP contribution is 2.23. The Hall–Kier alpha value is -1.83. The van der Waals surface area contributed by atoms with Crippen molar-refractivity contribution in [1.29, 1.82) is 0 Å². The van der Waals surface area contributed by atoms with E-state index in [0.29, 0.717) is 11.0 Å². The lowest BCUT2D eigenvalue weighted by Gasteiger charge is -2.13. The van der Waals surface area contributed by atoms with E-state index in [1.165, 1.54) is 11.8 Å². The van der Waals surface area contributed by atoms with Crippen molar-refractivity contribution in [2.75, 3.05) is 11.1 Å². The van der Waals surface area contributed by atoms with Crippen molar-refractivity contribution < 1.29 is 4.79 Å². The first-order valence-electron chi connectivity index (χ1n) is 6.58. The minimum absolute atomic E-state index is 0.0475. The van der Waals surface area contributed by atoms with Gasteiger partial charge in [-0.1, -0.05) is 32.5 Å². The summed E-state index contributed by atoms with van der Waals surface area (Å²) in [6, 6.07) is 1.91. The van der Waals surface area contributed by atoms with Crippen LogP contribution in [0, 0.1) is 0 Å². The molecule has 0 saturated carbocycles. The van der Waals surface area contributed by atoms with Crippen molar-refractivity contribution >= 4 is 23.5 Å². The SMILES string of the molecule is Cn1cnnc1SCC(=O)Nc1cc(C(C)(C)C)nn1C. The van der Waals surface area contributed by atoms with Crippen molar-refractivity contribution in [2.45, 2.75) is 31.3 Å². The number of amides is 1. The number of nitrogens with one attached hydrogen (secondary N) is 1. The van der Waals surface area contributed by atoms with E-state index in [1.807, 2.05) is 20.2 Å². The molecule has 0 aliphatic carbocycles. The van der Waals surface area contributed by atoms with Crippen LogP contribution in [0.1, 0.15) is 26.5 Å². The number of carbonyl (C=O) groups is 1. The summed E-state index contributed by atoms with van der Waals surface area (Å²) in [5.41, 5.74) is 0.898. The van der Waals surface area contributed by atoms with Gasteiger partial charge < -0.3 is 9.88 Å². The van der Waals surface area contributed by atoms with E-state index in [0.717, 1.165) is 5.69 Å². The Morgan fingerprint density at radius 2 is 2.10 bits per heavy atom. The van der Waals surface area contributed by atoms with Gasteiger partial charge in [0, 0.05) is 25.6 Å². The number of nitrogens with zero attached hydrogens (tertiary/aromatic N) is 5. The highest BCUT2D eigenvalue weighted by atomic mass is 32.2. The van der Waals surface area contributed by atoms with Crippen LogP contribution in [0.3, 0.4) is 0 Å². The van der Waals surface area contributed by atoms with Crippen LogP contribution in [0.5, 0.6) is 0 Å². The Labute approximate surface area is 128 Å². The first-order valence-corrected chi connectivity index (χ1v) is 7.57. The van der Waals surface area contributed by atoms with E-state index in [1.54, 1.807) is 15.6 Å². The number of aromatic nitrogens is 5. The molecule has 0 aliphatic heterocycles. The molecule has 0 bridgehead atoms. The van der Waals surface area contributed by atoms with Crippen LogP contribution in [0.4, 0.5) is 5.82 Å². The third kappa shape index (κ3) is 3.84. The maximum absolute atomic E-state index is 12.0. The fourth-order valence-electron chi connectivity index (χ4n) is 1.66. The zero-order valence-corrected chi connectivity index (χ0v) is 13.7. The Bertz CT molecular complexity index is 639. The summed E-state index contributed by atoms with van der Waals surface area (Å²) in [5, 5.41) is 15.7. The molecule has 2 heterocycles. The van der Waals surface area contributed by atoms with Crippen molar-refractivity contribution in [3.05, 3.63) is 18.1 Å². The smallest absolute Gasteiger partial charge is 0.235 e. The zero-order chi connectivity index (χ0) is 15.6. The highest BCUT2D eigenvalue weighted by molar-refractivity contribution is 7.99. The standard InChI is InChI=1S/C13H20N6OS/c1-13(2,3)9-6-10(19(5)17-9)15-11(20)7-21-12-16-14-8-18(12)4/h6,8H,7H2,1-5H3,(H,15,20). The van der Waals surface area contributed by atoms with Crippen LogP contribution in [0.2, 0.25) is 0 Å². The molecular formula is C13H20N6OS. The Kier molecular flexibility index (Phi) is 4.36. The predicted molar refractivity (Wildman–Crippen MR) is 82.3 cm³/mol. The molecule has 0 unspecified atom stereocenters. The minimum Gasteiger partial charge on any atom is -0.312 e. The number of aryl methyl sites for hydroxylation is 2. The molecule has 21 heavy (non-hydrogen) atoms. The number of rotatable bonds is 4. The van der Waals surface area contributed by atoms with Crippen molar-refractivity contribution in [2.24, 2.45) is 14.1 Å². The lowest BCUT2D eigenvalue weighted by Crippen LogP contribution is -2.16. The molecule has 1 N–H and O–H groups in total. The summed E-state index contributed by atoms with van der Waals surface area (Å²) in [6.07, 6.45) is 1.61. The first-order chi connectivity index (χ1) is 9.77. The minimum atomic E-state index is -0.0912. The summed E-state index contributed by atoms with van der Waals surface area (Å²) in [7, 11) is 3.66. The van der Waals surface area contributed by atoms with Gasteiger partial charge in [-0.3, -0.25) is 9.48 Å². The number of hydrogen-bond acceptors (Lipinski definition) is 5. The average molecular weight is 308 g/mol. The first kappa shape index (κ1) is 15.6. The molecule has 0 spiro atoms. The van der Waals surface area contributed by atoms with E-state index < -0.39 is 0 Å². The van der Waals surface area contributed by atoms with Gasteiger partial charge >= 0.3 is 0 Å². The molecule has 0 fully saturated rings. The second kappa shape index (κ2) is 5.88. The Morgan fingerprint density at radius 3 is 2.62 bits per heavy atom. The molecule has 0 atom stereocenters. The van der Waals surface area contributed by atoms with Gasteiger partial charge in [-0.25, -0.2) is 0 Å². The molecular weight excluding hydrogens is 288 g/mol. The fourth-order valence-corrected chi connectivity index (χ4v) is 2.35. The van der Waals surface area contributed by atoms with E-state index in [4.69, 9.17) is 0 Å². The summed E-state index contributed by atoms with van der Waals surface area (Å²) in [6.45, 7) is 6.26. The molecule has 7 nitrogen and oxygen atoms in total. The van der Waals surface area contributed by atoms with Gasteiger partial charge in [-0.15, -0.1) is 10.2 Å². The zero-order valence-electron chi connectivity index (χ0n) is 12.9. The largest absolute Gasteiger partial charge is 0.312 e. The lowest BCUT2D eigenvalue weighted by molar-refractivity contribution is -0.113. The predicted octanol–water partition coefficient (Wildman–Crippen LogP) is 1.58. The van der Waals surface area contributed by atoms with Crippen molar-refractivity contribution in [1.82, 2.24) is 24.5 Å². The summed E-state index contributed by atoms with van der Waals surface area (Å²) in [5.74, 6) is 0.887. The molecule has 0 saturated heterocycles. The number of carbonyl (C=O) groups excluding carboxylic acids is 1. The molecule has 0 aromatic carbocycles. The van der Waals surface area contributed by atoms with Gasteiger partial charge in [0.05, 0.1) is 11.4 Å². The summed E-state index contributed by atoms with van der Waals surface area (Å²) in [4.78, 5) is 12.0. The monoisotopic (exact) mass is 308 g/mol. The second-order valence-corrected chi connectivity index (χ2v) is 6.79. The molecule has 114 valence electrons. The van der Waals surface area contributed by atoms with Gasteiger partial charge in [-0.2, -0.15) is 5.10 Å². The van der Waals surface area contributed by atoms with Crippen LogP contribution in [0.25, 0.3) is 0 Å². The molecule has 0 aliphatic rings. The summed E-state index contributed by atoms with van der Waals surface area (Å²) < 4.78 is 3.46. The van der Waals surface area contributed by atoms with Crippen LogP contribution in [-0.2, 0) is 24.3 Å². The van der Waals surface area contributed by atoms with E-state index in [2.05, 4.69) is 41.4 Å². The quantitative estimate of drug-likeness (QED) is 0.868.